The van der Waals surface area contributed by atoms with Gasteiger partial charge in [0.15, 0.2) is 5.78 Å². The standard InChI is InChI=1S/C9H17NO.ClH/c1-4-5-9(11)8(10)6-7(2)3;/h4-5,7-8H,6,10H2,1-3H3;1H/b5-4+;/t8-;/m0./s1. The van der Waals surface area contributed by atoms with E-state index in [-0.39, 0.29) is 24.2 Å². The predicted octanol–water partition coefficient (Wildman–Crippen LogP) is 1.93. The predicted molar refractivity (Wildman–Crippen MR) is 54.5 cm³/mol. The zero-order chi connectivity index (χ0) is 8.85. The average molecular weight is 192 g/mol. The Morgan fingerprint density at radius 2 is 2.00 bits per heavy atom. The molecule has 0 aliphatic rings. The van der Waals surface area contributed by atoms with E-state index in [1.165, 1.54) is 6.08 Å². The second-order valence-corrected chi connectivity index (χ2v) is 3.14. The van der Waals surface area contributed by atoms with Crippen LogP contribution in [0.4, 0.5) is 0 Å². The quantitative estimate of drug-likeness (QED) is 0.691. The molecule has 0 aromatic heterocycles. The Hall–Kier alpha value is -0.340. The minimum absolute atomic E-state index is 0. The first-order chi connectivity index (χ1) is 5.07. The molecule has 0 saturated heterocycles. The van der Waals surface area contributed by atoms with Crippen LogP contribution in [0.25, 0.3) is 0 Å². The van der Waals surface area contributed by atoms with E-state index in [1.54, 1.807) is 6.08 Å². The molecule has 2 nitrogen and oxygen atoms in total. The van der Waals surface area contributed by atoms with E-state index in [1.807, 2.05) is 6.92 Å². The first-order valence-corrected chi connectivity index (χ1v) is 4.00. The number of hydrogen-bond donors (Lipinski definition) is 1. The number of ketones is 1. The van der Waals surface area contributed by atoms with Gasteiger partial charge >= 0.3 is 0 Å². The Labute approximate surface area is 80.6 Å². The van der Waals surface area contributed by atoms with E-state index in [0.717, 1.165) is 6.42 Å². The summed E-state index contributed by atoms with van der Waals surface area (Å²) >= 11 is 0. The highest BCUT2D eigenvalue weighted by atomic mass is 35.5. The summed E-state index contributed by atoms with van der Waals surface area (Å²) < 4.78 is 0. The van der Waals surface area contributed by atoms with E-state index in [2.05, 4.69) is 13.8 Å². The molecular formula is C9H18ClNO. The number of carbonyl (C=O) groups is 1. The third-order valence-electron chi connectivity index (χ3n) is 1.42. The zero-order valence-corrected chi connectivity index (χ0v) is 8.73. The van der Waals surface area contributed by atoms with Crippen LogP contribution in [-0.4, -0.2) is 11.8 Å². The fourth-order valence-electron chi connectivity index (χ4n) is 0.912. The lowest BCUT2D eigenvalue weighted by Gasteiger charge is -2.09. The molecular weight excluding hydrogens is 174 g/mol. The Morgan fingerprint density at radius 3 is 2.33 bits per heavy atom. The second-order valence-electron chi connectivity index (χ2n) is 3.14. The van der Waals surface area contributed by atoms with Crippen LogP contribution < -0.4 is 5.73 Å². The van der Waals surface area contributed by atoms with Crippen molar-refractivity contribution in [3.05, 3.63) is 12.2 Å². The Balaban J connectivity index is 0. The molecule has 0 amide bonds. The Morgan fingerprint density at radius 1 is 1.50 bits per heavy atom. The normalized spacial score (nSPS) is 13.1. The van der Waals surface area contributed by atoms with E-state index in [0.29, 0.717) is 5.92 Å². The van der Waals surface area contributed by atoms with Gasteiger partial charge in [-0.3, -0.25) is 4.79 Å². The lowest BCUT2D eigenvalue weighted by molar-refractivity contribution is -0.116. The lowest BCUT2D eigenvalue weighted by atomic mass is 10.0. The molecule has 72 valence electrons. The van der Waals surface area contributed by atoms with E-state index in [9.17, 15) is 4.79 Å². The zero-order valence-electron chi connectivity index (χ0n) is 7.91. The molecule has 12 heavy (non-hydrogen) atoms. The summed E-state index contributed by atoms with van der Waals surface area (Å²) in [6, 6.07) is -0.314. The van der Waals surface area contributed by atoms with Crippen molar-refractivity contribution in [1.29, 1.82) is 0 Å². The van der Waals surface area contributed by atoms with Crippen LogP contribution in [0.3, 0.4) is 0 Å². The van der Waals surface area contributed by atoms with Crippen LogP contribution in [-0.2, 0) is 4.79 Å². The van der Waals surface area contributed by atoms with Gasteiger partial charge in [-0.15, -0.1) is 12.4 Å². The third-order valence-corrected chi connectivity index (χ3v) is 1.42. The monoisotopic (exact) mass is 191 g/mol. The highest BCUT2D eigenvalue weighted by molar-refractivity contribution is 5.93. The van der Waals surface area contributed by atoms with Gasteiger partial charge in [-0.25, -0.2) is 0 Å². The maximum absolute atomic E-state index is 11.1. The average Bonchev–Trinajstić information content (AvgIpc) is 1.86. The van der Waals surface area contributed by atoms with Gasteiger partial charge in [0.05, 0.1) is 6.04 Å². The van der Waals surface area contributed by atoms with Gasteiger partial charge in [0.1, 0.15) is 0 Å². The lowest BCUT2D eigenvalue weighted by Crippen LogP contribution is -2.30. The molecule has 0 unspecified atom stereocenters. The molecule has 0 aromatic carbocycles. The van der Waals surface area contributed by atoms with Gasteiger partial charge in [-0.2, -0.15) is 0 Å². The van der Waals surface area contributed by atoms with Crippen LogP contribution in [0.15, 0.2) is 12.2 Å². The molecule has 0 rings (SSSR count). The summed E-state index contributed by atoms with van der Waals surface area (Å²) in [5, 5.41) is 0. The van der Waals surface area contributed by atoms with Crippen molar-refractivity contribution in [2.75, 3.05) is 0 Å². The fraction of sp³-hybridized carbons (Fsp3) is 0.667. The number of nitrogens with two attached hydrogens (primary N) is 1. The van der Waals surface area contributed by atoms with Crippen molar-refractivity contribution in [2.45, 2.75) is 33.2 Å². The van der Waals surface area contributed by atoms with Crippen molar-refractivity contribution in [3.8, 4) is 0 Å². The van der Waals surface area contributed by atoms with Crippen molar-refractivity contribution in [2.24, 2.45) is 11.7 Å². The number of hydrogen-bond acceptors (Lipinski definition) is 2. The van der Waals surface area contributed by atoms with Gasteiger partial charge in [0, 0.05) is 0 Å². The molecule has 0 radical (unpaired) electrons. The molecule has 0 aliphatic heterocycles. The summed E-state index contributed by atoms with van der Waals surface area (Å²) in [4.78, 5) is 11.1. The number of carbonyl (C=O) groups excluding carboxylic acids is 1. The van der Waals surface area contributed by atoms with Gasteiger partial charge < -0.3 is 5.73 Å². The molecule has 0 fully saturated rings. The van der Waals surface area contributed by atoms with Crippen LogP contribution in [0.1, 0.15) is 27.2 Å². The summed E-state index contributed by atoms with van der Waals surface area (Å²) in [7, 11) is 0. The Kier molecular flexibility index (Phi) is 8.66. The highest BCUT2D eigenvalue weighted by Crippen LogP contribution is 2.03. The molecule has 0 aliphatic carbocycles. The van der Waals surface area contributed by atoms with Gasteiger partial charge in [0.2, 0.25) is 0 Å². The van der Waals surface area contributed by atoms with Crippen LogP contribution in [0.2, 0.25) is 0 Å². The largest absolute Gasteiger partial charge is 0.321 e. The summed E-state index contributed by atoms with van der Waals surface area (Å²) in [5.74, 6) is 0.514. The molecule has 0 spiro atoms. The number of rotatable bonds is 4. The minimum atomic E-state index is -0.314. The van der Waals surface area contributed by atoms with Crippen molar-refractivity contribution < 1.29 is 4.79 Å². The molecule has 0 saturated carbocycles. The van der Waals surface area contributed by atoms with E-state index in [4.69, 9.17) is 5.73 Å². The highest BCUT2D eigenvalue weighted by Gasteiger charge is 2.10. The van der Waals surface area contributed by atoms with Crippen LogP contribution >= 0.6 is 12.4 Å². The molecule has 1 atom stereocenters. The molecule has 0 heterocycles. The fourth-order valence-corrected chi connectivity index (χ4v) is 0.912. The number of allylic oxidation sites excluding steroid dienone is 1. The van der Waals surface area contributed by atoms with Crippen LogP contribution in [0.5, 0.6) is 0 Å². The summed E-state index contributed by atoms with van der Waals surface area (Å²) in [6.45, 7) is 5.94. The topological polar surface area (TPSA) is 43.1 Å². The molecule has 0 bridgehead atoms. The van der Waals surface area contributed by atoms with E-state index >= 15 is 0 Å². The first kappa shape index (κ1) is 14.2. The van der Waals surface area contributed by atoms with Gasteiger partial charge in [-0.05, 0) is 25.3 Å². The molecule has 3 heteroatoms. The smallest absolute Gasteiger partial charge is 0.172 e. The second kappa shape index (κ2) is 7.32. The Bertz CT molecular complexity index is 155. The molecule has 0 aromatic rings. The van der Waals surface area contributed by atoms with Crippen LogP contribution in [0, 0.1) is 5.92 Å². The maximum Gasteiger partial charge on any atom is 0.172 e. The molecule has 2 N–H and O–H groups in total. The summed E-state index contributed by atoms with van der Waals surface area (Å²) in [6.07, 6.45) is 4.03. The minimum Gasteiger partial charge on any atom is -0.321 e. The SMILES string of the molecule is C/C=C/C(=O)[C@@H](N)CC(C)C.Cl. The summed E-state index contributed by atoms with van der Waals surface area (Å²) in [5.41, 5.74) is 5.60. The van der Waals surface area contributed by atoms with E-state index < -0.39 is 0 Å². The van der Waals surface area contributed by atoms with Crippen molar-refractivity contribution in [3.63, 3.8) is 0 Å². The van der Waals surface area contributed by atoms with Crippen molar-refractivity contribution in [1.82, 2.24) is 0 Å². The third kappa shape index (κ3) is 6.38. The number of halogens is 1. The van der Waals surface area contributed by atoms with Gasteiger partial charge in [-0.1, -0.05) is 19.9 Å². The maximum atomic E-state index is 11.1. The van der Waals surface area contributed by atoms with Crippen molar-refractivity contribution >= 4 is 18.2 Å². The van der Waals surface area contributed by atoms with Gasteiger partial charge in [0.25, 0.3) is 0 Å². The first-order valence-electron chi connectivity index (χ1n) is 4.00.